The summed E-state index contributed by atoms with van der Waals surface area (Å²) in [7, 11) is 0. The molecular formula is C31H37FN6O6S. The summed E-state index contributed by atoms with van der Waals surface area (Å²) in [6, 6.07) is 3.76. The third-order valence-corrected chi connectivity index (χ3v) is 9.96. The minimum Gasteiger partial charge on any atom is -0.481 e. The quantitative estimate of drug-likeness (QED) is 0.397. The second-order valence-electron chi connectivity index (χ2n) is 12.3. The van der Waals surface area contributed by atoms with Crippen LogP contribution in [0.3, 0.4) is 0 Å². The number of benzene rings is 1. The molecule has 12 nitrogen and oxygen atoms in total. The highest BCUT2D eigenvalue weighted by Gasteiger charge is 2.53. The number of nitrogens with zero attached hydrogens (tertiary/aromatic N) is 5. The number of carboxylic acid groups (broad SMARTS) is 1. The molecule has 2 N–H and O–H groups in total. The third kappa shape index (κ3) is 5.70. The Labute approximate surface area is 264 Å². The molecule has 5 heterocycles. The largest absolute Gasteiger partial charge is 0.481 e. The van der Waals surface area contributed by atoms with Crippen LogP contribution in [0.15, 0.2) is 46.0 Å². The topological polar surface area (TPSA) is 137 Å². The third-order valence-electron chi connectivity index (χ3n) is 9.18. The van der Waals surface area contributed by atoms with Gasteiger partial charge in [0.05, 0.1) is 24.3 Å². The molecule has 3 unspecified atom stereocenters. The first-order valence-corrected chi connectivity index (χ1v) is 15.9. The molecule has 0 bridgehead atoms. The number of thiazole rings is 1. The number of rotatable bonds is 9. The molecule has 0 saturated carbocycles. The Kier molecular flexibility index (Phi) is 8.39. The zero-order chi connectivity index (χ0) is 31.9. The molecule has 2 aromatic rings. The van der Waals surface area contributed by atoms with E-state index in [9.17, 15) is 23.9 Å². The van der Waals surface area contributed by atoms with Gasteiger partial charge in [0.25, 0.3) is 0 Å². The van der Waals surface area contributed by atoms with Gasteiger partial charge < -0.3 is 29.7 Å². The number of nitrogens with one attached hydrogen (secondary N) is 1. The predicted octanol–water partition coefficient (Wildman–Crippen LogP) is 2.80. The van der Waals surface area contributed by atoms with E-state index in [1.165, 1.54) is 17.4 Å². The summed E-state index contributed by atoms with van der Waals surface area (Å²) in [6.07, 6.45) is 2.03. The lowest BCUT2D eigenvalue weighted by molar-refractivity contribution is -0.149. The van der Waals surface area contributed by atoms with Crippen LogP contribution in [-0.4, -0.2) is 113 Å². The molecule has 240 valence electrons. The number of fused-ring (bicyclic) bond motifs is 1. The smallest absolute Gasteiger partial charge is 0.338 e. The van der Waals surface area contributed by atoms with Crippen LogP contribution in [0.5, 0.6) is 0 Å². The van der Waals surface area contributed by atoms with Crippen LogP contribution < -0.4 is 5.32 Å². The van der Waals surface area contributed by atoms with Gasteiger partial charge in [0.15, 0.2) is 10.8 Å². The Bertz CT molecular complexity index is 1560. The molecule has 0 aliphatic carbocycles. The number of amidine groups is 1. The predicted molar refractivity (Wildman–Crippen MR) is 163 cm³/mol. The van der Waals surface area contributed by atoms with Gasteiger partial charge >= 0.3 is 18.0 Å². The number of amides is 2. The monoisotopic (exact) mass is 640 g/mol. The lowest BCUT2D eigenvalue weighted by Crippen LogP contribution is -2.60. The number of aliphatic carboxylic acids is 1. The molecule has 2 amide bonds. The first-order chi connectivity index (χ1) is 21.5. The SMILES string of the molecule is CCOC(=O)C1=C(CN2CCN3C(=O)N(CC4(C(=O)O)CCOC4)CC3(C)C2)NC(c2nccs2)=NC1c1cccc(F)c1C. The Morgan fingerprint density at radius 1 is 1.29 bits per heavy atom. The van der Waals surface area contributed by atoms with Gasteiger partial charge in [0, 0.05) is 63.1 Å². The van der Waals surface area contributed by atoms with Crippen LogP contribution in [0.25, 0.3) is 0 Å². The van der Waals surface area contributed by atoms with Crippen molar-refractivity contribution in [1.82, 2.24) is 25.0 Å². The molecule has 1 aromatic carbocycles. The molecule has 14 heteroatoms. The van der Waals surface area contributed by atoms with Crippen LogP contribution >= 0.6 is 11.3 Å². The van der Waals surface area contributed by atoms with E-state index in [1.807, 2.05) is 17.2 Å². The van der Waals surface area contributed by atoms with E-state index in [0.29, 0.717) is 79.0 Å². The summed E-state index contributed by atoms with van der Waals surface area (Å²) < 4.78 is 25.7. The van der Waals surface area contributed by atoms with E-state index in [1.54, 1.807) is 37.1 Å². The number of carbonyl (C=O) groups excluding carboxylic acids is 2. The molecule has 0 spiro atoms. The number of piperazine rings is 1. The zero-order valence-corrected chi connectivity index (χ0v) is 26.4. The maximum absolute atomic E-state index is 14.8. The summed E-state index contributed by atoms with van der Waals surface area (Å²) in [4.78, 5) is 54.2. The van der Waals surface area contributed by atoms with Crippen molar-refractivity contribution < 1.29 is 33.4 Å². The number of hydrogen-bond donors (Lipinski definition) is 2. The van der Waals surface area contributed by atoms with E-state index in [4.69, 9.17) is 14.5 Å². The van der Waals surface area contributed by atoms with Gasteiger partial charge in [-0.2, -0.15) is 0 Å². The highest BCUT2D eigenvalue weighted by molar-refractivity contribution is 7.11. The number of carbonyl (C=O) groups is 3. The fourth-order valence-corrected chi connectivity index (χ4v) is 7.44. The van der Waals surface area contributed by atoms with Crippen molar-refractivity contribution >= 4 is 35.1 Å². The first kappa shape index (κ1) is 31.1. The van der Waals surface area contributed by atoms with Crippen molar-refractivity contribution in [2.75, 3.05) is 59.1 Å². The Morgan fingerprint density at radius 2 is 2.11 bits per heavy atom. The van der Waals surface area contributed by atoms with Crippen molar-refractivity contribution in [1.29, 1.82) is 0 Å². The van der Waals surface area contributed by atoms with Crippen molar-refractivity contribution in [3.05, 3.63) is 63.0 Å². The van der Waals surface area contributed by atoms with Gasteiger partial charge in [-0.15, -0.1) is 11.3 Å². The van der Waals surface area contributed by atoms with Crippen LogP contribution in [0.2, 0.25) is 0 Å². The summed E-state index contributed by atoms with van der Waals surface area (Å²) in [5, 5.41) is 15.8. The van der Waals surface area contributed by atoms with Gasteiger partial charge in [0.2, 0.25) is 0 Å². The molecule has 3 atom stereocenters. The van der Waals surface area contributed by atoms with Gasteiger partial charge in [0.1, 0.15) is 17.3 Å². The van der Waals surface area contributed by atoms with E-state index < -0.39 is 34.8 Å². The van der Waals surface area contributed by atoms with Crippen LogP contribution in [0.4, 0.5) is 9.18 Å². The van der Waals surface area contributed by atoms with E-state index in [0.717, 1.165) is 0 Å². The lowest BCUT2D eigenvalue weighted by atomic mass is 9.86. The van der Waals surface area contributed by atoms with Crippen molar-refractivity contribution in [2.45, 2.75) is 38.8 Å². The number of aliphatic imine (C=N–C) groups is 1. The highest BCUT2D eigenvalue weighted by atomic mass is 32.1. The standard InChI is InChI=1S/C31H37FN6O6S/c1-4-44-27(39)23-22(34-25(26-33-9-13-45-26)35-24(23)20-6-5-7-21(32)19(20)2)14-36-10-11-38-29(42)37(16-30(38,3)15-36)17-31(28(40)41)8-12-43-18-31/h5-7,9,13,24H,4,8,10-12,14-18H2,1-3H3,(H,34,35)(H,40,41). The molecule has 6 rings (SSSR count). The van der Waals surface area contributed by atoms with Crippen molar-refractivity contribution in [3.63, 3.8) is 0 Å². The molecule has 4 aliphatic heterocycles. The Hall–Kier alpha value is -3.88. The Morgan fingerprint density at radius 3 is 2.80 bits per heavy atom. The first-order valence-electron chi connectivity index (χ1n) is 15.0. The highest BCUT2D eigenvalue weighted by Crippen LogP contribution is 2.38. The summed E-state index contributed by atoms with van der Waals surface area (Å²) in [5.74, 6) is -1.41. The second kappa shape index (κ2) is 12.1. The van der Waals surface area contributed by atoms with Crippen LogP contribution in [0, 0.1) is 18.2 Å². The molecule has 4 aliphatic rings. The number of ether oxygens (including phenoxy) is 2. The van der Waals surface area contributed by atoms with E-state index in [-0.39, 0.29) is 25.8 Å². The number of esters is 1. The average Bonchev–Trinajstić information content (AvgIpc) is 3.75. The van der Waals surface area contributed by atoms with Gasteiger partial charge in [-0.1, -0.05) is 12.1 Å². The van der Waals surface area contributed by atoms with Gasteiger partial charge in [-0.05, 0) is 44.4 Å². The number of halogens is 1. The van der Waals surface area contributed by atoms with Crippen LogP contribution in [0.1, 0.15) is 42.4 Å². The molecular weight excluding hydrogens is 603 g/mol. The fraction of sp³-hybridized carbons (Fsp3) is 0.516. The molecule has 3 saturated heterocycles. The van der Waals surface area contributed by atoms with Crippen molar-refractivity contribution in [3.8, 4) is 0 Å². The van der Waals surface area contributed by atoms with Gasteiger partial charge in [-0.25, -0.2) is 19.0 Å². The van der Waals surface area contributed by atoms with Crippen LogP contribution in [-0.2, 0) is 19.1 Å². The molecule has 0 radical (unpaired) electrons. The minimum absolute atomic E-state index is 0.0837. The number of aromatic nitrogens is 1. The molecule has 3 fully saturated rings. The number of urea groups is 1. The normalized spacial score (nSPS) is 27.0. The lowest BCUT2D eigenvalue weighted by Gasteiger charge is -2.44. The Balaban J connectivity index is 1.31. The van der Waals surface area contributed by atoms with E-state index in [2.05, 4.69) is 15.2 Å². The van der Waals surface area contributed by atoms with Crippen molar-refractivity contribution in [2.24, 2.45) is 10.4 Å². The van der Waals surface area contributed by atoms with Gasteiger partial charge in [-0.3, -0.25) is 14.7 Å². The molecule has 45 heavy (non-hydrogen) atoms. The number of hydrogen-bond acceptors (Lipinski definition) is 10. The van der Waals surface area contributed by atoms with E-state index >= 15 is 0 Å². The summed E-state index contributed by atoms with van der Waals surface area (Å²) in [5.41, 5.74) is 0.133. The molecule has 1 aromatic heterocycles. The summed E-state index contributed by atoms with van der Waals surface area (Å²) in [6.45, 7) is 8.23. The second-order valence-corrected chi connectivity index (χ2v) is 13.2. The maximum atomic E-state index is 14.8. The summed E-state index contributed by atoms with van der Waals surface area (Å²) >= 11 is 1.40. The number of carboxylic acids is 1. The fourth-order valence-electron chi connectivity index (χ4n) is 6.85. The average molecular weight is 641 g/mol. The maximum Gasteiger partial charge on any atom is 0.338 e. The zero-order valence-electron chi connectivity index (χ0n) is 25.5. The minimum atomic E-state index is -1.11.